The lowest BCUT2D eigenvalue weighted by atomic mass is 10.1. The fourth-order valence-corrected chi connectivity index (χ4v) is 3.49. The van der Waals surface area contributed by atoms with Crippen LogP contribution in [0.1, 0.15) is 42.6 Å². The smallest absolute Gasteiger partial charge is 0.307 e. The molecule has 1 aromatic carbocycles. The van der Waals surface area contributed by atoms with Crippen LogP contribution in [0.3, 0.4) is 0 Å². The molecular formula is C18H23N5O2S. The maximum atomic E-state index is 12.1. The van der Waals surface area contributed by atoms with Crippen molar-refractivity contribution in [2.75, 3.05) is 11.1 Å². The van der Waals surface area contributed by atoms with E-state index in [4.69, 9.17) is 0 Å². The van der Waals surface area contributed by atoms with E-state index in [1.807, 2.05) is 43.5 Å². The largest absolute Gasteiger partial charge is 0.325 e. The Hall–Kier alpha value is -2.35. The fraction of sp³-hybridized carbons (Fsp3) is 0.444. The molecule has 0 spiro atoms. The Morgan fingerprint density at radius 3 is 2.73 bits per heavy atom. The van der Waals surface area contributed by atoms with E-state index in [0.29, 0.717) is 11.6 Å². The fourth-order valence-electron chi connectivity index (χ4n) is 2.68. The highest BCUT2D eigenvalue weighted by atomic mass is 32.2. The van der Waals surface area contributed by atoms with Crippen molar-refractivity contribution >= 4 is 29.4 Å². The van der Waals surface area contributed by atoms with Gasteiger partial charge in [0.25, 0.3) is 0 Å². The van der Waals surface area contributed by atoms with Crippen LogP contribution >= 0.6 is 11.8 Å². The molecule has 3 amide bonds. The van der Waals surface area contributed by atoms with Crippen LogP contribution < -0.4 is 10.6 Å². The lowest BCUT2D eigenvalue weighted by Gasteiger charge is -2.11. The van der Waals surface area contributed by atoms with Gasteiger partial charge in [0.05, 0.1) is 5.75 Å². The molecule has 0 atom stereocenters. The molecule has 138 valence electrons. The number of rotatable bonds is 6. The number of hydrogen-bond acceptors (Lipinski definition) is 5. The molecule has 1 heterocycles. The normalized spacial score (nSPS) is 13.5. The molecule has 1 aliphatic rings. The van der Waals surface area contributed by atoms with Crippen molar-refractivity contribution in [3.63, 3.8) is 0 Å². The lowest BCUT2D eigenvalue weighted by molar-refractivity contribution is -0.117. The number of nitrogens with one attached hydrogen (secondary N) is 2. The highest BCUT2D eigenvalue weighted by Crippen LogP contribution is 2.39. The molecule has 2 aromatic rings. The van der Waals surface area contributed by atoms with Crippen LogP contribution in [0.5, 0.6) is 0 Å². The van der Waals surface area contributed by atoms with Gasteiger partial charge in [0.2, 0.25) is 5.91 Å². The van der Waals surface area contributed by atoms with E-state index in [1.54, 1.807) is 0 Å². The Morgan fingerprint density at radius 2 is 2.04 bits per heavy atom. The number of aromatic nitrogens is 3. The third-order valence-corrected chi connectivity index (χ3v) is 5.41. The number of carbonyl (C=O) groups is 2. The summed E-state index contributed by atoms with van der Waals surface area (Å²) in [6.07, 6.45) is 2.31. The van der Waals surface area contributed by atoms with Crippen LogP contribution in [-0.4, -0.2) is 32.5 Å². The molecule has 0 bridgehead atoms. The number of nitrogens with zero attached hydrogens (tertiary/aromatic N) is 3. The maximum absolute atomic E-state index is 12.1. The van der Waals surface area contributed by atoms with Gasteiger partial charge in [-0.25, -0.2) is 4.79 Å². The molecule has 7 nitrogen and oxygen atoms in total. The zero-order valence-corrected chi connectivity index (χ0v) is 16.0. The lowest BCUT2D eigenvalue weighted by Crippen LogP contribution is -2.35. The SMILES string of the molecule is CCn1c(SCC(=O)NC(=O)Nc2cccc(C)c2C)nnc1C1CC1. The van der Waals surface area contributed by atoms with Gasteiger partial charge >= 0.3 is 6.03 Å². The zero-order valence-electron chi connectivity index (χ0n) is 15.2. The van der Waals surface area contributed by atoms with E-state index >= 15 is 0 Å². The Bertz CT molecular complexity index is 829. The van der Waals surface area contributed by atoms with Crippen molar-refractivity contribution in [1.82, 2.24) is 20.1 Å². The molecular weight excluding hydrogens is 350 g/mol. The number of imide groups is 1. The average Bonchev–Trinajstić information content (AvgIpc) is 3.37. The summed E-state index contributed by atoms with van der Waals surface area (Å²) in [6.45, 7) is 6.71. The van der Waals surface area contributed by atoms with Gasteiger partial charge in [-0.3, -0.25) is 10.1 Å². The van der Waals surface area contributed by atoms with Crippen LogP contribution in [0.15, 0.2) is 23.4 Å². The van der Waals surface area contributed by atoms with Gasteiger partial charge < -0.3 is 9.88 Å². The number of hydrogen-bond donors (Lipinski definition) is 2. The third-order valence-electron chi connectivity index (χ3n) is 4.44. The highest BCUT2D eigenvalue weighted by Gasteiger charge is 2.30. The summed E-state index contributed by atoms with van der Waals surface area (Å²) in [5.74, 6) is 1.26. The minimum Gasteiger partial charge on any atom is -0.307 e. The van der Waals surface area contributed by atoms with Gasteiger partial charge in [-0.05, 0) is 50.8 Å². The summed E-state index contributed by atoms with van der Waals surface area (Å²) in [7, 11) is 0. The molecule has 1 aliphatic carbocycles. The van der Waals surface area contributed by atoms with Gasteiger partial charge in [0, 0.05) is 18.2 Å². The summed E-state index contributed by atoms with van der Waals surface area (Å²) in [6, 6.07) is 5.12. The van der Waals surface area contributed by atoms with Crippen molar-refractivity contribution in [3.05, 3.63) is 35.2 Å². The quantitative estimate of drug-likeness (QED) is 0.759. The molecule has 3 rings (SSSR count). The zero-order chi connectivity index (χ0) is 18.7. The monoisotopic (exact) mass is 373 g/mol. The molecule has 1 fully saturated rings. The van der Waals surface area contributed by atoms with Crippen molar-refractivity contribution in [2.45, 2.75) is 51.2 Å². The molecule has 0 radical (unpaired) electrons. The van der Waals surface area contributed by atoms with E-state index in [9.17, 15) is 9.59 Å². The number of amides is 3. The first-order valence-electron chi connectivity index (χ1n) is 8.72. The molecule has 0 saturated heterocycles. The molecule has 26 heavy (non-hydrogen) atoms. The van der Waals surface area contributed by atoms with Crippen LogP contribution in [0.4, 0.5) is 10.5 Å². The standard InChI is InChI=1S/C18H23N5O2S/c1-4-23-16(13-8-9-13)21-22-18(23)26-10-15(24)20-17(25)19-14-7-5-6-11(2)12(14)3/h5-7,13H,4,8-10H2,1-3H3,(H2,19,20,24,25). The highest BCUT2D eigenvalue weighted by molar-refractivity contribution is 7.99. The molecule has 8 heteroatoms. The van der Waals surface area contributed by atoms with Crippen molar-refractivity contribution in [3.8, 4) is 0 Å². The predicted molar refractivity (Wildman–Crippen MR) is 101 cm³/mol. The van der Waals surface area contributed by atoms with Gasteiger partial charge in [-0.15, -0.1) is 10.2 Å². The number of carbonyl (C=O) groups excluding carboxylic acids is 2. The van der Waals surface area contributed by atoms with E-state index < -0.39 is 6.03 Å². The number of thioether (sulfide) groups is 1. The summed E-state index contributed by atoms with van der Waals surface area (Å²) < 4.78 is 2.05. The van der Waals surface area contributed by atoms with Gasteiger partial charge in [0.1, 0.15) is 5.82 Å². The number of urea groups is 1. The minimum atomic E-state index is -0.528. The summed E-state index contributed by atoms with van der Waals surface area (Å²) in [5.41, 5.74) is 2.76. The molecule has 1 aromatic heterocycles. The average molecular weight is 373 g/mol. The van der Waals surface area contributed by atoms with Crippen molar-refractivity contribution < 1.29 is 9.59 Å². The predicted octanol–water partition coefficient (Wildman–Crippen LogP) is 3.23. The van der Waals surface area contributed by atoms with Crippen LogP contribution in [0.25, 0.3) is 0 Å². The number of benzene rings is 1. The minimum absolute atomic E-state index is 0.114. The topological polar surface area (TPSA) is 88.9 Å². The van der Waals surface area contributed by atoms with Gasteiger partial charge in [0.15, 0.2) is 5.16 Å². The molecule has 1 saturated carbocycles. The third kappa shape index (κ3) is 4.24. The Labute approximate surface area is 157 Å². The van der Waals surface area contributed by atoms with Gasteiger partial charge in [-0.2, -0.15) is 0 Å². The Balaban J connectivity index is 1.52. The maximum Gasteiger partial charge on any atom is 0.325 e. The molecule has 2 N–H and O–H groups in total. The van der Waals surface area contributed by atoms with Crippen LogP contribution in [0.2, 0.25) is 0 Å². The first kappa shape index (κ1) is 18.4. The molecule has 0 unspecified atom stereocenters. The summed E-state index contributed by atoms with van der Waals surface area (Å²) >= 11 is 1.30. The Morgan fingerprint density at radius 1 is 1.27 bits per heavy atom. The van der Waals surface area contributed by atoms with Gasteiger partial charge in [-0.1, -0.05) is 23.9 Å². The van der Waals surface area contributed by atoms with E-state index in [-0.39, 0.29) is 11.7 Å². The first-order chi connectivity index (χ1) is 12.5. The second-order valence-electron chi connectivity index (χ2n) is 6.40. The van der Waals surface area contributed by atoms with Crippen molar-refractivity contribution in [1.29, 1.82) is 0 Å². The van der Waals surface area contributed by atoms with E-state index in [2.05, 4.69) is 20.8 Å². The summed E-state index contributed by atoms with van der Waals surface area (Å²) in [4.78, 5) is 24.1. The van der Waals surface area contributed by atoms with E-state index in [1.165, 1.54) is 11.8 Å². The molecule has 0 aliphatic heterocycles. The first-order valence-corrected chi connectivity index (χ1v) is 9.71. The summed E-state index contributed by atoms with van der Waals surface area (Å²) in [5, 5.41) is 14.2. The van der Waals surface area contributed by atoms with E-state index in [0.717, 1.165) is 41.5 Å². The second kappa shape index (κ2) is 7.90. The number of anilines is 1. The van der Waals surface area contributed by atoms with Crippen LogP contribution in [0, 0.1) is 13.8 Å². The second-order valence-corrected chi connectivity index (χ2v) is 7.34. The van der Waals surface area contributed by atoms with Crippen molar-refractivity contribution in [2.24, 2.45) is 0 Å². The Kier molecular flexibility index (Phi) is 5.61. The van der Waals surface area contributed by atoms with Crippen LogP contribution in [-0.2, 0) is 11.3 Å². The number of aryl methyl sites for hydroxylation is 1.